The van der Waals surface area contributed by atoms with E-state index < -0.39 is 8.07 Å². The molecule has 9 aromatic rings. The molecule has 3 heteroatoms. The maximum Gasteiger partial charge on any atom is 0.0739 e. The van der Waals surface area contributed by atoms with Crippen LogP contribution in [0.1, 0.15) is 25.0 Å². The Labute approximate surface area is 334 Å². The fraction of sp³-hybridized carbons (Fsp3) is 0.132. The first kappa shape index (κ1) is 33.7. The Morgan fingerprint density at radius 1 is 0.446 bits per heavy atom. The molecule has 0 radical (unpaired) electrons. The van der Waals surface area contributed by atoms with Gasteiger partial charge in [0.25, 0.3) is 0 Å². The fourth-order valence-corrected chi connectivity index (χ4v) is 15.7. The van der Waals surface area contributed by atoms with Gasteiger partial charge in [0.15, 0.2) is 0 Å². The highest BCUT2D eigenvalue weighted by atomic mass is 32.2. The number of rotatable bonds is 6. The first-order chi connectivity index (χ1) is 27.2. The number of thioether (sulfide) groups is 1. The third kappa shape index (κ3) is 4.68. The molecule has 56 heavy (non-hydrogen) atoms. The molecule has 0 amide bonds. The number of benzene rings is 8. The Bertz CT molecular complexity index is 3070. The van der Waals surface area contributed by atoms with Gasteiger partial charge in [0.05, 0.1) is 23.5 Å². The van der Waals surface area contributed by atoms with Crippen LogP contribution in [0.15, 0.2) is 164 Å². The lowest BCUT2D eigenvalue weighted by Gasteiger charge is -2.43. The lowest BCUT2D eigenvalue weighted by atomic mass is 9.93. The lowest BCUT2D eigenvalue weighted by molar-refractivity contribution is 0.997. The van der Waals surface area contributed by atoms with Crippen LogP contribution in [-0.2, 0) is 4.37 Å². The summed E-state index contributed by atoms with van der Waals surface area (Å²) in [4.78, 5) is 0. The third-order valence-corrected chi connectivity index (χ3v) is 18.5. The molecule has 0 spiro atoms. The Kier molecular flexibility index (Phi) is 7.34. The largest absolute Gasteiger partial charge is 0.309 e. The molecule has 0 fully saturated rings. The molecule has 2 aliphatic rings. The number of hydrogen-bond donors (Lipinski definition) is 0. The van der Waals surface area contributed by atoms with Crippen molar-refractivity contribution in [2.24, 2.45) is 0 Å². The van der Waals surface area contributed by atoms with Gasteiger partial charge in [-0.15, -0.1) is 11.8 Å². The lowest BCUT2D eigenvalue weighted by Crippen LogP contribution is -2.47. The Morgan fingerprint density at radius 2 is 1.05 bits per heavy atom. The van der Waals surface area contributed by atoms with Crippen LogP contribution >= 0.6 is 11.8 Å². The molecule has 1 heterocycles. The van der Waals surface area contributed by atoms with E-state index in [0.29, 0.717) is 5.25 Å². The molecule has 0 saturated carbocycles. The maximum absolute atomic E-state index is 2.55. The molecular weight excluding hydrogens is 711 g/mol. The van der Waals surface area contributed by atoms with E-state index in [4.69, 9.17) is 0 Å². The van der Waals surface area contributed by atoms with Crippen LogP contribution < -0.4 is 0 Å². The topological polar surface area (TPSA) is 4.93 Å². The van der Waals surface area contributed by atoms with Crippen LogP contribution in [0.2, 0.25) is 19.6 Å². The van der Waals surface area contributed by atoms with Crippen LogP contribution in [0.5, 0.6) is 0 Å². The molecule has 0 saturated heterocycles. The van der Waals surface area contributed by atoms with Crippen molar-refractivity contribution in [1.82, 2.24) is 4.57 Å². The van der Waals surface area contributed by atoms with Crippen molar-refractivity contribution in [3.63, 3.8) is 0 Å². The van der Waals surface area contributed by atoms with Crippen molar-refractivity contribution < 1.29 is 0 Å². The molecule has 1 nitrogen and oxygen atoms in total. The second kappa shape index (κ2) is 12.2. The van der Waals surface area contributed by atoms with Crippen LogP contribution in [0, 0.1) is 0 Å². The number of para-hydroxylation sites is 2. The second-order valence-electron chi connectivity index (χ2n) is 17.0. The Balaban J connectivity index is 1.03. The molecule has 270 valence electrons. The SMILES string of the molecule is CC(C)SC1([Si](C)(C)C)c2ccccc2-c2cc(-c3ccc4c(c3)-c3cccc5c(-c6ccc7c(c6)c6ccccc6n7-c6ccccc6)ccc-4c35)ccc21. The fourth-order valence-electron chi connectivity index (χ4n) is 10.2. The highest BCUT2D eigenvalue weighted by molar-refractivity contribution is 8.02. The van der Waals surface area contributed by atoms with Crippen LogP contribution in [0.25, 0.3) is 93.9 Å². The molecule has 1 aromatic heterocycles. The molecule has 0 bridgehead atoms. The summed E-state index contributed by atoms with van der Waals surface area (Å²) in [5.74, 6) is 0. The zero-order chi connectivity index (χ0) is 37.9. The van der Waals surface area contributed by atoms with Gasteiger partial charge in [-0.05, 0) is 125 Å². The van der Waals surface area contributed by atoms with Crippen LogP contribution in [0.3, 0.4) is 0 Å². The number of nitrogens with zero attached hydrogens (tertiary/aromatic N) is 1. The highest BCUT2D eigenvalue weighted by Gasteiger charge is 2.53. The predicted molar refractivity (Wildman–Crippen MR) is 246 cm³/mol. The van der Waals surface area contributed by atoms with Gasteiger partial charge in [-0.1, -0.05) is 155 Å². The van der Waals surface area contributed by atoms with Crippen molar-refractivity contribution in [3.8, 4) is 61.3 Å². The first-order valence-electron chi connectivity index (χ1n) is 19.9. The number of hydrogen-bond acceptors (Lipinski definition) is 1. The van der Waals surface area contributed by atoms with Gasteiger partial charge in [-0.25, -0.2) is 0 Å². The zero-order valence-electron chi connectivity index (χ0n) is 32.5. The molecule has 1 unspecified atom stereocenters. The number of fused-ring (bicyclic) bond motifs is 9. The van der Waals surface area contributed by atoms with E-state index in [2.05, 4.69) is 214 Å². The van der Waals surface area contributed by atoms with E-state index in [1.54, 1.807) is 0 Å². The molecule has 0 N–H and O–H groups in total. The Hall–Kier alpha value is -5.61. The minimum Gasteiger partial charge on any atom is -0.309 e. The van der Waals surface area contributed by atoms with E-state index in [-0.39, 0.29) is 4.37 Å². The van der Waals surface area contributed by atoms with Crippen LogP contribution in [-0.4, -0.2) is 17.9 Å². The normalized spacial score (nSPS) is 15.5. The molecule has 11 rings (SSSR count). The van der Waals surface area contributed by atoms with Gasteiger partial charge >= 0.3 is 0 Å². The Morgan fingerprint density at radius 3 is 1.88 bits per heavy atom. The summed E-state index contributed by atoms with van der Waals surface area (Å²) in [6.07, 6.45) is 0. The zero-order valence-corrected chi connectivity index (χ0v) is 34.3. The minimum atomic E-state index is -1.72. The average Bonchev–Trinajstić information content (AvgIpc) is 3.82. The second-order valence-corrected chi connectivity index (χ2v) is 24.4. The van der Waals surface area contributed by atoms with Crippen LogP contribution in [0.4, 0.5) is 0 Å². The molecule has 1 atom stereocenters. The van der Waals surface area contributed by atoms with E-state index in [0.717, 1.165) is 0 Å². The van der Waals surface area contributed by atoms with E-state index in [1.165, 1.54) is 105 Å². The van der Waals surface area contributed by atoms with Crippen molar-refractivity contribution in [2.45, 2.75) is 43.1 Å². The molecule has 8 aromatic carbocycles. The summed E-state index contributed by atoms with van der Waals surface area (Å²) in [6.45, 7) is 12.4. The van der Waals surface area contributed by atoms with Gasteiger partial charge in [-0.2, -0.15) is 0 Å². The van der Waals surface area contributed by atoms with E-state index in [9.17, 15) is 0 Å². The monoisotopic (exact) mass is 753 g/mol. The summed E-state index contributed by atoms with van der Waals surface area (Å²) in [5, 5.41) is 5.76. The quantitative estimate of drug-likeness (QED) is 0.153. The summed E-state index contributed by atoms with van der Waals surface area (Å²) in [6, 6.07) is 61.9. The van der Waals surface area contributed by atoms with E-state index in [1.807, 2.05) is 0 Å². The van der Waals surface area contributed by atoms with Crippen molar-refractivity contribution in [3.05, 3.63) is 175 Å². The maximum atomic E-state index is 2.55. The van der Waals surface area contributed by atoms with Gasteiger partial charge in [-0.3, -0.25) is 0 Å². The van der Waals surface area contributed by atoms with E-state index >= 15 is 0 Å². The summed E-state index contributed by atoms with van der Waals surface area (Å²) in [7, 11) is -1.72. The first-order valence-corrected chi connectivity index (χ1v) is 24.3. The average molecular weight is 754 g/mol. The standard InChI is InChI=1S/C53H43NSSi/c1-33(2)55-53(56(3,4)5)48-20-11-9-16-40(48)46-31-35(23-28-49(46)53)34-22-25-39-44-27-26-38(42-18-13-19-43(52(42)44)45(39)30-34)36-24-29-51-47(32-36)41-17-10-12-21-50(41)54(51)37-14-7-6-8-15-37/h6-33H,1-5H3. The van der Waals surface area contributed by atoms with Gasteiger partial charge in [0.1, 0.15) is 0 Å². The minimum absolute atomic E-state index is 0.0298. The molecule has 2 aliphatic carbocycles. The van der Waals surface area contributed by atoms with Crippen molar-refractivity contribution in [1.29, 1.82) is 0 Å². The van der Waals surface area contributed by atoms with Gasteiger partial charge < -0.3 is 4.57 Å². The summed E-state index contributed by atoms with van der Waals surface area (Å²) < 4.78 is 2.42. The van der Waals surface area contributed by atoms with Crippen molar-refractivity contribution in [2.75, 3.05) is 0 Å². The number of aromatic nitrogens is 1. The van der Waals surface area contributed by atoms with Gasteiger partial charge in [0.2, 0.25) is 0 Å². The predicted octanol–water partition coefficient (Wildman–Crippen LogP) is 15.2. The molecule has 0 aliphatic heterocycles. The van der Waals surface area contributed by atoms with Gasteiger partial charge in [0, 0.05) is 16.5 Å². The summed E-state index contributed by atoms with van der Waals surface area (Å²) in [5.41, 5.74) is 19.9. The highest BCUT2D eigenvalue weighted by Crippen LogP contribution is 2.61. The van der Waals surface area contributed by atoms with Crippen molar-refractivity contribution >= 4 is 52.4 Å². The summed E-state index contributed by atoms with van der Waals surface area (Å²) >= 11 is 2.17. The molecular formula is C53H43NSSi. The third-order valence-electron chi connectivity index (χ3n) is 12.4. The smallest absolute Gasteiger partial charge is 0.0739 e.